The number of hydrogen-bond acceptors (Lipinski definition) is 4. The Morgan fingerprint density at radius 3 is 2.42 bits per heavy atom. The van der Waals surface area contributed by atoms with Crippen molar-refractivity contribution in [2.45, 2.75) is 32.9 Å². The summed E-state index contributed by atoms with van der Waals surface area (Å²) in [6, 6.07) is 14.2. The highest BCUT2D eigenvalue weighted by atomic mass is 16.5. The molecule has 31 heavy (non-hydrogen) atoms. The normalized spacial score (nSPS) is 17.1. The van der Waals surface area contributed by atoms with E-state index in [9.17, 15) is 14.4 Å². The highest BCUT2D eigenvalue weighted by Crippen LogP contribution is 2.20. The molecular weight excluding hydrogens is 394 g/mol. The Morgan fingerprint density at radius 1 is 1.10 bits per heavy atom. The molecule has 1 fully saturated rings. The highest BCUT2D eigenvalue weighted by Gasteiger charge is 2.33. The molecule has 1 aliphatic heterocycles. The molecule has 1 saturated heterocycles. The molecule has 2 aromatic carbocycles. The summed E-state index contributed by atoms with van der Waals surface area (Å²) in [4.78, 5) is 41.1. The van der Waals surface area contributed by atoms with Gasteiger partial charge in [0.05, 0.1) is 0 Å². The maximum Gasteiger partial charge on any atom is 0.263 e. The lowest BCUT2D eigenvalue weighted by atomic mass is 10.1. The number of nitrogens with zero attached hydrogens (tertiary/aromatic N) is 2. The van der Waals surface area contributed by atoms with E-state index >= 15 is 0 Å². The van der Waals surface area contributed by atoms with E-state index in [4.69, 9.17) is 4.74 Å². The number of piperazine rings is 1. The van der Waals surface area contributed by atoms with Crippen molar-refractivity contribution in [3.05, 3.63) is 65.2 Å². The van der Waals surface area contributed by atoms with Crippen molar-refractivity contribution < 1.29 is 19.1 Å². The average molecular weight is 424 g/mol. The standard InChI is InChI=1S/C24H29N3O4/c1-16-14-20(10-11-21(16)22(28)25-4)31-18(3)23(29)27-13-12-26(15-17(27)2)24(30)19-8-6-5-7-9-19/h5-11,14,17-18H,12-13,15H2,1-4H3,(H,25,28)/t17-,18?/m1/s1. The summed E-state index contributed by atoms with van der Waals surface area (Å²) >= 11 is 0. The van der Waals surface area contributed by atoms with Crippen LogP contribution in [0.4, 0.5) is 0 Å². The van der Waals surface area contributed by atoms with E-state index < -0.39 is 6.10 Å². The highest BCUT2D eigenvalue weighted by molar-refractivity contribution is 5.95. The van der Waals surface area contributed by atoms with Crippen molar-refractivity contribution in [3.63, 3.8) is 0 Å². The van der Waals surface area contributed by atoms with Gasteiger partial charge in [0.2, 0.25) is 0 Å². The molecule has 1 heterocycles. The Hall–Kier alpha value is -3.35. The smallest absolute Gasteiger partial charge is 0.263 e. The van der Waals surface area contributed by atoms with E-state index in [1.807, 2.05) is 32.0 Å². The summed E-state index contributed by atoms with van der Waals surface area (Å²) in [5, 5.41) is 2.60. The first-order valence-electron chi connectivity index (χ1n) is 10.5. The minimum atomic E-state index is -0.677. The molecule has 1 aliphatic rings. The van der Waals surface area contributed by atoms with Gasteiger partial charge >= 0.3 is 0 Å². The Bertz CT molecular complexity index is 961. The van der Waals surface area contributed by atoms with Gasteiger partial charge in [0, 0.05) is 43.9 Å². The Morgan fingerprint density at radius 2 is 1.81 bits per heavy atom. The van der Waals surface area contributed by atoms with Gasteiger partial charge in [-0.2, -0.15) is 0 Å². The number of rotatable bonds is 5. The predicted molar refractivity (Wildman–Crippen MR) is 118 cm³/mol. The van der Waals surface area contributed by atoms with Crippen LogP contribution >= 0.6 is 0 Å². The van der Waals surface area contributed by atoms with Crippen LogP contribution in [0.5, 0.6) is 5.75 Å². The lowest BCUT2D eigenvalue weighted by Gasteiger charge is -2.40. The van der Waals surface area contributed by atoms with Crippen LogP contribution in [-0.2, 0) is 4.79 Å². The summed E-state index contributed by atoms with van der Waals surface area (Å²) in [7, 11) is 1.58. The average Bonchev–Trinajstić information content (AvgIpc) is 2.78. The zero-order valence-electron chi connectivity index (χ0n) is 18.4. The number of hydrogen-bond donors (Lipinski definition) is 1. The maximum absolute atomic E-state index is 13.0. The Balaban J connectivity index is 1.61. The first-order chi connectivity index (χ1) is 14.8. The molecule has 0 aliphatic carbocycles. The van der Waals surface area contributed by atoms with Crippen molar-refractivity contribution in [1.29, 1.82) is 0 Å². The van der Waals surface area contributed by atoms with Crippen LogP contribution in [0.1, 0.15) is 40.1 Å². The Labute approximate surface area is 183 Å². The molecule has 0 bridgehead atoms. The van der Waals surface area contributed by atoms with Gasteiger partial charge in [0.1, 0.15) is 5.75 Å². The second-order valence-electron chi connectivity index (χ2n) is 7.81. The third-order valence-electron chi connectivity index (χ3n) is 5.55. The van der Waals surface area contributed by atoms with Gasteiger partial charge in [-0.05, 0) is 56.7 Å². The number of amides is 3. The first-order valence-corrected chi connectivity index (χ1v) is 10.5. The summed E-state index contributed by atoms with van der Waals surface area (Å²) in [6.07, 6.45) is -0.677. The fraction of sp³-hybridized carbons (Fsp3) is 0.375. The zero-order chi connectivity index (χ0) is 22.5. The topological polar surface area (TPSA) is 79.0 Å². The van der Waals surface area contributed by atoms with Crippen LogP contribution in [-0.4, -0.2) is 66.3 Å². The molecule has 3 rings (SSSR count). The van der Waals surface area contributed by atoms with Gasteiger partial charge in [-0.1, -0.05) is 18.2 Å². The van der Waals surface area contributed by atoms with E-state index in [2.05, 4.69) is 5.32 Å². The van der Waals surface area contributed by atoms with Crippen LogP contribution in [0.2, 0.25) is 0 Å². The molecule has 1 N–H and O–H groups in total. The van der Waals surface area contributed by atoms with E-state index in [0.717, 1.165) is 5.56 Å². The molecule has 0 saturated carbocycles. The van der Waals surface area contributed by atoms with Crippen molar-refractivity contribution in [2.75, 3.05) is 26.7 Å². The quantitative estimate of drug-likeness (QED) is 0.802. The number of aryl methyl sites for hydroxylation is 1. The van der Waals surface area contributed by atoms with Crippen LogP contribution in [0.25, 0.3) is 0 Å². The molecule has 2 atom stereocenters. The van der Waals surface area contributed by atoms with Gasteiger partial charge in [-0.25, -0.2) is 0 Å². The van der Waals surface area contributed by atoms with Crippen LogP contribution in [0.15, 0.2) is 48.5 Å². The maximum atomic E-state index is 13.0. The molecule has 0 aromatic heterocycles. The van der Waals surface area contributed by atoms with Crippen molar-refractivity contribution in [2.24, 2.45) is 0 Å². The summed E-state index contributed by atoms with van der Waals surface area (Å²) in [6.45, 7) is 6.91. The number of carbonyl (C=O) groups is 3. The lowest BCUT2D eigenvalue weighted by Crippen LogP contribution is -2.57. The van der Waals surface area contributed by atoms with Crippen molar-refractivity contribution in [1.82, 2.24) is 15.1 Å². The fourth-order valence-electron chi connectivity index (χ4n) is 3.82. The van der Waals surface area contributed by atoms with Crippen LogP contribution in [0.3, 0.4) is 0 Å². The molecule has 3 amide bonds. The van der Waals surface area contributed by atoms with Gasteiger partial charge in [-0.3, -0.25) is 14.4 Å². The number of benzene rings is 2. The van der Waals surface area contributed by atoms with Gasteiger partial charge in [0.15, 0.2) is 6.10 Å². The number of ether oxygens (including phenoxy) is 1. The minimum absolute atomic E-state index is 0.0180. The van der Waals surface area contributed by atoms with Gasteiger partial charge in [-0.15, -0.1) is 0 Å². The summed E-state index contributed by atoms with van der Waals surface area (Å²) in [5.41, 5.74) is 2.00. The summed E-state index contributed by atoms with van der Waals surface area (Å²) < 4.78 is 5.87. The third-order valence-corrected chi connectivity index (χ3v) is 5.55. The second kappa shape index (κ2) is 9.64. The third kappa shape index (κ3) is 5.05. The Kier molecular flexibility index (Phi) is 6.95. The van der Waals surface area contributed by atoms with Gasteiger partial charge in [0.25, 0.3) is 17.7 Å². The number of nitrogens with one attached hydrogen (secondary N) is 1. The zero-order valence-corrected chi connectivity index (χ0v) is 18.4. The minimum Gasteiger partial charge on any atom is -0.481 e. The molecule has 7 heteroatoms. The molecule has 7 nitrogen and oxygen atoms in total. The molecule has 2 aromatic rings. The lowest BCUT2D eigenvalue weighted by molar-refractivity contribution is -0.142. The van der Waals surface area contributed by atoms with E-state index in [1.165, 1.54) is 0 Å². The fourth-order valence-corrected chi connectivity index (χ4v) is 3.82. The molecule has 164 valence electrons. The van der Waals surface area contributed by atoms with Crippen molar-refractivity contribution in [3.8, 4) is 5.75 Å². The first kappa shape index (κ1) is 22.3. The van der Waals surface area contributed by atoms with E-state index in [0.29, 0.717) is 36.5 Å². The van der Waals surface area contributed by atoms with Crippen LogP contribution < -0.4 is 10.1 Å². The van der Waals surface area contributed by atoms with Crippen molar-refractivity contribution >= 4 is 17.7 Å². The molecule has 0 spiro atoms. The van der Waals surface area contributed by atoms with E-state index in [-0.39, 0.29) is 23.8 Å². The molecule has 1 unspecified atom stereocenters. The van der Waals surface area contributed by atoms with Gasteiger partial charge < -0.3 is 19.9 Å². The monoisotopic (exact) mass is 423 g/mol. The van der Waals surface area contributed by atoms with E-state index in [1.54, 1.807) is 54.1 Å². The SMILES string of the molecule is CNC(=O)c1ccc(OC(C)C(=O)N2CCN(C(=O)c3ccccc3)C[C@H]2C)cc1C. The predicted octanol–water partition coefficient (Wildman–Crippen LogP) is 2.50. The summed E-state index contributed by atoms with van der Waals surface area (Å²) in [5.74, 6) is 0.240. The molecular formula is C24H29N3O4. The largest absolute Gasteiger partial charge is 0.481 e. The second-order valence-corrected chi connectivity index (χ2v) is 7.81. The molecule has 0 radical (unpaired) electrons. The number of carbonyl (C=O) groups excluding carboxylic acids is 3. The van der Waals surface area contributed by atoms with Crippen LogP contribution in [0, 0.1) is 6.92 Å².